The number of hydrogen-bond donors (Lipinski definition) is 4. The molecule has 4 N–H and O–H groups in total. The summed E-state index contributed by atoms with van der Waals surface area (Å²) in [7, 11) is 0. The summed E-state index contributed by atoms with van der Waals surface area (Å²) >= 11 is 0. The van der Waals surface area contributed by atoms with Crippen LogP contribution >= 0.6 is 0 Å². The molecule has 25 heavy (non-hydrogen) atoms. The van der Waals surface area contributed by atoms with Crippen molar-refractivity contribution in [2.45, 2.75) is 103 Å². The van der Waals surface area contributed by atoms with Crippen LogP contribution in [0.3, 0.4) is 0 Å². The quantitative estimate of drug-likeness (QED) is 0.402. The first-order valence-electron chi connectivity index (χ1n) is 9.57. The van der Waals surface area contributed by atoms with E-state index in [0.29, 0.717) is 30.2 Å². The summed E-state index contributed by atoms with van der Waals surface area (Å²) in [4.78, 5) is 0. The average molecular weight is 363 g/mol. The molecular weight excluding hydrogens is 318 g/mol. The summed E-state index contributed by atoms with van der Waals surface area (Å²) < 4.78 is 0.586. The van der Waals surface area contributed by atoms with Gasteiger partial charge in [0.15, 0.2) is 0 Å². The van der Waals surface area contributed by atoms with E-state index in [2.05, 4.69) is 55.4 Å². The molecule has 0 saturated carbocycles. The highest BCUT2D eigenvalue weighted by atomic mass is 16.3. The maximum atomic E-state index is 9.79. The van der Waals surface area contributed by atoms with E-state index in [1.807, 2.05) is 0 Å². The Labute approximate surface area is 155 Å². The second-order valence-corrected chi connectivity index (χ2v) is 9.81. The van der Waals surface area contributed by atoms with Gasteiger partial charge in [0.2, 0.25) is 0 Å². The second-order valence-electron chi connectivity index (χ2n) is 9.81. The molecule has 0 aromatic heterocycles. The van der Waals surface area contributed by atoms with Crippen LogP contribution in [0.1, 0.15) is 81.1 Å². The van der Waals surface area contributed by atoms with Gasteiger partial charge in [-0.3, -0.25) is 0 Å². The van der Waals surface area contributed by atoms with Crippen LogP contribution in [0, 0.1) is 0 Å². The van der Waals surface area contributed by atoms with Crippen molar-refractivity contribution in [2.75, 3.05) is 26.4 Å². The van der Waals surface area contributed by atoms with Crippen LogP contribution < -0.4 is 0 Å². The SMILES string of the molecule is CC(C)(CCO)[N+](C(C)(C)CCO)(C(C)(C)CCO)C(C)(C)CCO. The predicted octanol–water partition coefficient (Wildman–Crippen LogP) is 2.45. The van der Waals surface area contributed by atoms with E-state index in [9.17, 15) is 20.4 Å². The highest BCUT2D eigenvalue weighted by Crippen LogP contribution is 2.55. The molecule has 5 nitrogen and oxygen atoms in total. The second kappa shape index (κ2) is 8.66. The summed E-state index contributed by atoms with van der Waals surface area (Å²) in [6.07, 6.45) is 2.41. The summed E-state index contributed by atoms with van der Waals surface area (Å²) in [6, 6.07) is 0. The minimum absolute atomic E-state index is 0.0760. The zero-order valence-electron chi connectivity index (χ0n) is 17.9. The van der Waals surface area contributed by atoms with E-state index in [0.717, 1.165) is 0 Å². The van der Waals surface area contributed by atoms with Crippen LogP contribution in [-0.4, -0.2) is 73.5 Å². The first-order chi connectivity index (χ1) is 11.2. The Morgan fingerprint density at radius 1 is 0.440 bits per heavy atom. The Morgan fingerprint density at radius 3 is 0.720 bits per heavy atom. The summed E-state index contributed by atoms with van der Waals surface area (Å²) in [5, 5.41) is 39.2. The topological polar surface area (TPSA) is 80.9 Å². The van der Waals surface area contributed by atoms with E-state index < -0.39 is 0 Å². The van der Waals surface area contributed by atoms with Gasteiger partial charge in [-0.25, -0.2) is 0 Å². The zero-order chi connectivity index (χ0) is 20.2. The Morgan fingerprint density at radius 2 is 0.600 bits per heavy atom. The minimum atomic E-state index is -0.329. The molecule has 0 aromatic carbocycles. The third kappa shape index (κ3) is 4.22. The molecule has 0 spiro atoms. The van der Waals surface area contributed by atoms with Crippen LogP contribution in [0.15, 0.2) is 0 Å². The molecule has 152 valence electrons. The van der Waals surface area contributed by atoms with E-state index in [1.54, 1.807) is 0 Å². The van der Waals surface area contributed by atoms with Crippen molar-refractivity contribution in [2.24, 2.45) is 0 Å². The fourth-order valence-corrected chi connectivity index (χ4v) is 6.68. The Kier molecular flexibility index (Phi) is 8.59. The van der Waals surface area contributed by atoms with Gasteiger partial charge >= 0.3 is 0 Å². The largest absolute Gasteiger partial charge is 0.396 e. The molecular formula is C20H44NO4+. The molecule has 0 unspecified atom stereocenters. The lowest BCUT2D eigenvalue weighted by atomic mass is 9.69. The van der Waals surface area contributed by atoms with Gasteiger partial charge in [0.05, 0.1) is 22.2 Å². The monoisotopic (exact) mass is 362 g/mol. The average Bonchev–Trinajstić information content (AvgIpc) is 2.36. The third-order valence-electron chi connectivity index (χ3n) is 6.53. The van der Waals surface area contributed by atoms with Gasteiger partial charge in [-0.05, 0) is 55.4 Å². The van der Waals surface area contributed by atoms with Crippen LogP contribution in [0.4, 0.5) is 0 Å². The van der Waals surface area contributed by atoms with Crippen LogP contribution in [0.2, 0.25) is 0 Å². The van der Waals surface area contributed by atoms with Gasteiger partial charge in [-0.15, -0.1) is 0 Å². The van der Waals surface area contributed by atoms with E-state index in [4.69, 9.17) is 0 Å². The molecule has 0 heterocycles. The number of nitrogens with zero attached hydrogens (tertiary/aromatic N) is 1. The van der Waals surface area contributed by atoms with Gasteiger partial charge in [0.25, 0.3) is 0 Å². The van der Waals surface area contributed by atoms with E-state index in [1.165, 1.54) is 0 Å². The molecule has 0 fully saturated rings. The van der Waals surface area contributed by atoms with Crippen molar-refractivity contribution >= 4 is 0 Å². The Bertz CT molecular complexity index is 325. The molecule has 5 heteroatoms. The molecule has 0 rings (SSSR count). The normalized spacial score (nSPS) is 14.9. The van der Waals surface area contributed by atoms with Crippen LogP contribution in [0.25, 0.3) is 0 Å². The molecule has 0 atom stereocenters. The van der Waals surface area contributed by atoms with Gasteiger partial charge in [0.1, 0.15) is 0 Å². The standard InChI is InChI=1S/C20H44NO4/c1-17(2,9-13-22)21(18(3,4)10-14-23,19(5,6)11-15-24)20(7,8)12-16-25/h22-25H,9-16H2,1-8H3/q+1. The van der Waals surface area contributed by atoms with Crippen molar-refractivity contribution in [3.8, 4) is 0 Å². The maximum Gasteiger partial charge on any atom is 0.0969 e. The fourth-order valence-electron chi connectivity index (χ4n) is 6.68. The first-order valence-corrected chi connectivity index (χ1v) is 9.57. The fraction of sp³-hybridized carbons (Fsp3) is 1.00. The summed E-state index contributed by atoms with van der Waals surface area (Å²) in [6.45, 7) is 17.6. The Hall–Kier alpha value is -0.200. The molecule has 0 amide bonds. The van der Waals surface area contributed by atoms with Gasteiger partial charge < -0.3 is 24.9 Å². The number of aliphatic hydroxyl groups excluding tert-OH is 4. The summed E-state index contributed by atoms with van der Waals surface area (Å²) in [5.41, 5.74) is -1.31. The molecule has 0 bridgehead atoms. The maximum absolute atomic E-state index is 9.79. The predicted molar refractivity (Wildman–Crippen MR) is 103 cm³/mol. The van der Waals surface area contributed by atoms with Gasteiger partial charge in [-0.1, -0.05) is 0 Å². The van der Waals surface area contributed by atoms with Crippen LogP contribution in [0.5, 0.6) is 0 Å². The lowest BCUT2D eigenvalue weighted by molar-refractivity contribution is -1.09. The number of rotatable bonds is 12. The van der Waals surface area contributed by atoms with E-state index in [-0.39, 0.29) is 48.6 Å². The van der Waals surface area contributed by atoms with Crippen molar-refractivity contribution in [3.05, 3.63) is 0 Å². The smallest absolute Gasteiger partial charge is 0.0969 e. The molecule has 0 aliphatic carbocycles. The Balaban J connectivity index is 6.97. The summed E-state index contributed by atoms with van der Waals surface area (Å²) in [5.74, 6) is 0. The lowest BCUT2D eigenvalue weighted by Crippen LogP contribution is -2.85. The van der Waals surface area contributed by atoms with Crippen molar-refractivity contribution in [1.82, 2.24) is 0 Å². The highest BCUT2D eigenvalue weighted by molar-refractivity contribution is 4.95. The molecule has 0 aliphatic heterocycles. The minimum Gasteiger partial charge on any atom is -0.396 e. The van der Waals surface area contributed by atoms with Crippen molar-refractivity contribution in [3.63, 3.8) is 0 Å². The molecule has 0 aromatic rings. The van der Waals surface area contributed by atoms with Crippen LogP contribution in [-0.2, 0) is 0 Å². The number of hydrogen-bond acceptors (Lipinski definition) is 4. The van der Waals surface area contributed by atoms with Crippen molar-refractivity contribution in [1.29, 1.82) is 0 Å². The van der Waals surface area contributed by atoms with Gasteiger partial charge in [-0.2, -0.15) is 0 Å². The van der Waals surface area contributed by atoms with Gasteiger partial charge in [0, 0.05) is 52.1 Å². The van der Waals surface area contributed by atoms with E-state index >= 15 is 0 Å². The third-order valence-corrected chi connectivity index (χ3v) is 6.53. The number of aliphatic hydroxyl groups is 4. The molecule has 0 radical (unpaired) electrons. The highest BCUT2D eigenvalue weighted by Gasteiger charge is 2.67. The molecule has 0 saturated heterocycles. The van der Waals surface area contributed by atoms with Crippen molar-refractivity contribution < 1.29 is 24.9 Å². The molecule has 0 aliphatic rings. The lowest BCUT2D eigenvalue weighted by Gasteiger charge is -2.72. The number of quaternary nitrogens is 1. The zero-order valence-corrected chi connectivity index (χ0v) is 17.9. The first kappa shape index (κ1) is 24.8.